The van der Waals surface area contributed by atoms with Crippen LogP contribution in [0.5, 0.6) is 0 Å². The van der Waals surface area contributed by atoms with Gasteiger partial charge in [-0.15, -0.1) is 0 Å². The molecular formula is C27H25N7O7S2-2. The molecule has 1 aromatic heterocycles. The van der Waals surface area contributed by atoms with Crippen LogP contribution in [0.25, 0.3) is 12.2 Å². The molecule has 4 aromatic rings. The van der Waals surface area contributed by atoms with E-state index in [4.69, 9.17) is 10.5 Å². The molecule has 0 aliphatic carbocycles. The molecule has 5 rings (SSSR count). The summed E-state index contributed by atoms with van der Waals surface area (Å²) in [7, 11) is -9.88. The Bertz CT molecular complexity index is 1880. The first-order chi connectivity index (χ1) is 20.5. The topological polar surface area (TPSA) is 216 Å². The standard InChI is InChI=1S/C27H27N7O7S2/c28-20-10-8-18(23(16-20)42(35,36)37)6-7-19-9-11-22(17-24(19)43(38,39)40)30-26-31-25(29-21-4-2-1-3-5-21)32-27(33-26)34-12-14-41-15-13-34/h1-11,16-17H,12-15,28H2,(H,35,36,37)(H,38,39,40)(H2,29,30,31,32,33)/p-2/b7-6+. The lowest BCUT2D eigenvalue weighted by molar-refractivity contribution is 0.122. The van der Waals surface area contributed by atoms with Crippen molar-refractivity contribution >= 4 is 67.3 Å². The SMILES string of the molecule is Nc1ccc(/C=C/c2ccc(Nc3nc(Nc4ccccc4)nc(N4CCOCC4)n3)cc2S(=O)(=O)[O-])c(S(=O)(=O)[O-])c1. The maximum atomic E-state index is 12.2. The van der Waals surface area contributed by atoms with Crippen molar-refractivity contribution in [1.29, 1.82) is 0 Å². The lowest BCUT2D eigenvalue weighted by Gasteiger charge is -2.27. The van der Waals surface area contributed by atoms with Gasteiger partial charge in [0.2, 0.25) is 17.8 Å². The minimum Gasteiger partial charge on any atom is -0.744 e. The Balaban J connectivity index is 1.49. The van der Waals surface area contributed by atoms with Crippen LogP contribution in [0.4, 0.5) is 34.9 Å². The highest BCUT2D eigenvalue weighted by atomic mass is 32.2. The van der Waals surface area contributed by atoms with E-state index in [2.05, 4.69) is 25.6 Å². The summed E-state index contributed by atoms with van der Waals surface area (Å²) in [6, 6.07) is 16.9. The number of hydrogen-bond donors (Lipinski definition) is 3. The van der Waals surface area contributed by atoms with Gasteiger partial charge in [0, 0.05) is 30.2 Å². The Morgan fingerprint density at radius 2 is 1.30 bits per heavy atom. The van der Waals surface area contributed by atoms with Crippen molar-refractivity contribution in [2.24, 2.45) is 0 Å². The fourth-order valence-corrected chi connectivity index (χ4v) is 5.61. The molecule has 0 amide bonds. The van der Waals surface area contributed by atoms with E-state index in [1.165, 1.54) is 36.4 Å². The summed E-state index contributed by atoms with van der Waals surface area (Å²) in [5.74, 6) is 0.678. The molecule has 1 saturated heterocycles. The first kappa shape index (κ1) is 29.9. The van der Waals surface area contributed by atoms with Gasteiger partial charge < -0.3 is 35.1 Å². The van der Waals surface area contributed by atoms with Gasteiger partial charge in [-0.3, -0.25) is 0 Å². The number of nitrogens with two attached hydrogens (primary N) is 1. The lowest BCUT2D eigenvalue weighted by Crippen LogP contribution is -2.37. The molecule has 0 saturated carbocycles. The largest absolute Gasteiger partial charge is 0.744 e. The zero-order chi connectivity index (χ0) is 30.6. The second kappa shape index (κ2) is 12.3. The summed E-state index contributed by atoms with van der Waals surface area (Å²) in [6.45, 7) is 2.09. The Hall–Kier alpha value is -4.61. The highest BCUT2D eigenvalue weighted by Crippen LogP contribution is 2.27. The summed E-state index contributed by atoms with van der Waals surface area (Å²) >= 11 is 0. The van der Waals surface area contributed by atoms with Crippen molar-refractivity contribution in [3.63, 3.8) is 0 Å². The molecule has 224 valence electrons. The van der Waals surface area contributed by atoms with Crippen LogP contribution in [0.1, 0.15) is 11.1 Å². The molecule has 0 radical (unpaired) electrons. The van der Waals surface area contributed by atoms with Crippen molar-refractivity contribution in [1.82, 2.24) is 15.0 Å². The van der Waals surface area contributed by atoms with E-state index in [0.717, 1.165) is 17.8 Å². The van der Waals surface area contributed by atoms with Crippen LogP contribution in [-0.2, 0) is 25.0 Å². The van der Waals surface area contributed by atoms with Gasteiger partial charge >= 0.3 is 0 Å². The van der Waals surface area contributed by atoms with Gasteiger partial charge in [-0.2, -0.15) is 15.0 Å². The van der Waals surface area contributed by atoms with Gasteiger partial charge in [0.1, 0.15) is 20.2 Å². The Kier molecular flexibility index (Phi) is 8.56. The highest BCUT2D eigenvalue weighted by Gasteiger charge is 2.18. The average molecular weight is 624 g/mol. The summed E-state index contributed by atoms with van der Waals surface area (Å²) in [6.07, 6.45) is 2.43. The van der Waals surface area contributed by atoms with Gasteiger partial charge in [-0.05, 0) is 47.5 Å². The monoisotopic (exact) mass is 623 g/mol. The predicted molar refractivity (Wildman–Crippen MR) is 158 cm³/mol. The Morgan fingerprint density at radius 1 is 0.744 bits per heavy atom. The van der Waals surface area contributed by atoms with E-state index >= 15 is 0 Å². The smallest absolute Gasteiger partial charge is 0.233 e. The maximum Gasteiger partial charge on any atom is 0.233 e. The third kappa shape index (κ3) is 7.62. The van der Waals surface area contributed by atoms with Crippen LogP contribution in [0, 0.1) is 0 Å². The van der Waals surface area contributed by atoms with Crippen LogP contribution in [0.2, 0.25) is 0 Å². The van der Waals surface area contributed by atoms with E-state index in [1.807, 2.05) is 35.2 Å². The number of nitrogens with zero attached hydrogens (tertiary/aromatic N) is 4. The molecule has 14 nitrogen and oxygen atoms in total. The van der Waals surface area contributed by atoms with Crippen LogP contribution < -0.4 is 21.3 Å². The van der Waals surface area contributed by atoms with Crippen molar-refractivity contribution in [3.05, 3.63) is 77.9 Å². The third-order valence-corrected chi connectivity index (χ3v) is 8.02. The molecule has 0 bridgehead atoms. The molecule has 2 heterocycles. The summed E-state index contributed by atoms with van der Waals surface area (Å²) in [5, 5.41) is 6.05. The fraction of sp³-hybridized carbons (Fsp3) is 0.148. The van der Waals surface area contributed by atoms with Gasteiger partial charge in [0.25, 0.3) is 0 Å². The molecule has 1 fully saturated rings. The van der Waals surface area contributed by atoms with Crippen molar-refractivity contribution in [2.45, 2.75) is 9.79 Å². The Labute approximate surface area is 247 Å². The fourth-order valence-electron chi connectivity index (χ4n) is 4.21. The number of benzene rings is 3. The van der Waals surface area contributed by atoms with E-state index in [0.29, 0.717) is 32.3 Å². The number of rotatable bonds is 9. The number of para-hydroxylation sites is 1. The van der Waals surface area contributed by atoms with E-state index < -0.39 is 30.0 Å². The zero-order valence-electron chi connectivity index (χ0n) is 22.4. The molecule has 4 N–H and O–H groups in total. The zero-order valence-corrected chi connectivity index (χ0v) is 24.0. The molecule has 0 atom stereocenters. The second-order valence-electron chi connectivity index (χ2n) is 9.29. The van der Waals surface area contributed by atoms with E-state index in [1.54, 1.807) is 0 Å². The van der Waals surface area contributed by atoms with E-state index in [-0.39, 0.29) is 34.4 Å². The number of hydrogen-bond acceptors (Lipinski definition) is 14. The first-order valence-corrected chi connectivity index (χ1v) is 15.6. The minimum absolute atomic E-state index is 0.0279. The molecular weight excluding hydrogens is 598 g/mol. The van der Waals surface area contributed by atoms with Crippen LogP contribution >= 0.6 is 0 Å². The third-order valence-electron chi connectivity index (χ3n) is 6.24. The van der Waals surface area contributed by atoms with Crippen molar-refractivity contribution in [3.8, 4) is 0 Å². The molecule has 1 aliphatic heterocycles. The normalized spacial score (nSPS) is 14.1. The second-order valence-corrected chi connectivity index (χ2v) is 12.0. The minimum atomic E-state index is -5.00. The summed E-state index contributed by atoms with van der Waals surface area (Å²) in [4.78, 5) is 14.1. The number of ether oxygens (including phenoxy) is 1. The number of nitrogen functional groups attached to an aromatic ring is 1. The van der Waals surface area contributed by atoms with Crippen LogP contribution in [0.3, 0.4) is 0 Å². The van der Waals surface area contributed by atoms with Gasteiger partial charge in [0.15, 0.2) is 0 Å². The van der Waals surface area contributed by atoms with Crippen LogP contribution in [0.15, 0.2) is 76.5 Å². The molecule has 3 aromatic carbocycles. The molecule has 43 heavy (non-hydrogen) atoms. The summed E-state index contributed by atoms with van der Waals surface area (Å²) in [5.41, 5.74) is 6.52. The number of aromatic nitrogens is 3. The number of morpholine rings is 1. The average Bonchev–Trinajstić information content (AvgIpc) is 2.97. The molecule has 0 spiro atoms. The first-order valence-electron chi connectivity index (χ1n) is 12.8. The van der Waals surface area contributed by atoms with Crippen molar-refractivity contribution < 1.29 is 30.7 Å². The number of anilines is 6. The van der Waals surface area contributed by atoms with Crippen LogP contribution in [-0.4, -0.2) is 67.2 Å². The van der Waals surface area contributed by atoms with Gasteiger partial charge in [-0.1, -0.05) is 42.5 Å². The van der Waals surface area contributed by atoms with E-state index in [9.17, 15) is 25.9 Å². The highest BCUT2D eigenvalue weighted by molar-refractivity contribution is 7.86. The molecule has 16 heteroatoms. The molecule has 1 aliphatic rings. The number of nitrogens with one attached hydrogen (secondary N) is 2. The van der Waals surface area contributed by atoms with Gasteiger partial charge in [0.05, 0.1) is 23.0 Å². The van der Waals surface area contributed by atoms with Crippen molar-refractivity contribution in [2.75, 3.05) is 47.6 Å². The lowest BCUT2D eigenvalue weighted by atomic mass is 10.1. The summed E-state index contributed by atoms with van der Waals surface area (Å²) < 4.78 is 77.1. The quantitative estimate of drug-likeness (QED) is 0.139. The van der Waals surface area contributed by atoms with Gasteiger partial charge in [-0.25, -0.2) is 16.8 Å². The Morgan fingerprint density at radius 3 is 1.91 bits per heavy atom. The maximum absolute atomic E-state index is 12.2. The molecule has 0 unspecified atom stereocenters. The predicted octanol–water partition coefficient (Wildman–Crippen LogP) is 2.76.